The fraction of sp³-hybridized carbons (Fsp3) is 0.581. The summed E-state index contributed by atoms with van der Waals surface area (Å²) < 4.78 is 0. The van der Waals surface area contributed by atoms with E-state index in [2.05, 4.69) is 30.2 Å². The molecule has 36 heavy (non-hydrogen) atoms. The number of pyridine rings is 1. The maximum atomic E-state index is 13.3. The normalized spacial score (nSPS) is 28.8. The molecule has 1 aromatic heterocycles. The molecule has 3 aliphatic rings. The van der Waals surface area contributed by atoms with Gasteiger partial charge in [-0.2, -0.15) is 0 Å². The van der Waals surface area contributed by atoms with Crippen LogP contribution in [0.25, 0.3) is 0 Å². The van der Waals surface area contributed by atoms with Crippen LogP contribution in [-0.2, 0) is 29.0 Å². The van der Waals surface area contributed by atoms with E-state index in [0.29, 0.717) is 54.6 Å². The first-order valence-electron chi connectivity index (χ1n) is 13.9. The lowest BCUT2D eigenvalue weighted by molar-refractivity contribution is -0.129. The number of nitrogens with zero attached hydrogens (tertiary/aromatic N) is 1. The molecule has 0 spiro atoms. The molecular weight excluding hydrogens is 448 g/mol. The predicted molar refractivity (Wildman–Crippen MR) is 141 cm³/mol. The lowest BCUT2D eigenvalue weighted by Gasteiger charge is -2.50. The van der Waals surface area contributed by atoms with Gasteiger partial charge in [-0.1, -0.05) is 32.4 Å². The standard InChI is InChI=1S/C31H40N2O3/c1-3-6-22-15-26-21(16-27(22)34)10-11-25-24(26)12-13-31(2)28(35)17-23(30(25)31)8-4-9-29(36)33-19-20-7-5-14-32-18-20/h5,7,14-16,18,23-25,30,34H,3-4,6,8-13,17,19H2,1-2H3,(H,33,36)/t23?,24?,25?,30?,31-/m1/s1. The van der Waals surface area contributed by atoms with Crippen molar-refractivity contribution in [2.24, 2.45) is 23.2 Å². The number of hydrogen-bond acceptors (Lipinski definition) is 4. The molecule has 0 bridgehead atoms. The summed E-state index contributed by atoms with van der Waals surface area (Å²) in [5.41, 5.74) is 4.60. The van der Waals surface area contributed by atoms with Gasteiger partial charge in [0.15, 0.2) is 0 Å². The number of aromatic hydroxyl groups is 1. The van der Waals surface area contributed by atoms with Crippen LogP contribution in [0.3, 0.4) is 0 Å². The minimum absolute atomic E-state index is 0.0716. The molecule has 192 valence electrons. The van der Waals surface area contributed by atoms with Crippen LogP contribution < -0.4 is 5.32 Å². The first-order valence-corrected chi connectivity index (χ1v) is 13.9. The SMILES string of the molecule is CCCc1cc2c(cc1O)CCC1C2CC[C@]2(C)C(=O)CC(CCCC(=O)NCc3cccnc3)C12. The van der Waals surface area contributed by atoms with Crippen molar-refractivity contribution in [1.82, 2.24) is 10.3 Å². The lowest BCUT2D eigenvalue weighted by atomic mass is 9.54. The van der Waals surface area contributed by atoms with Crippen molar-refractivity contribution in [3.63, 3.8) is 0 Å². The summed E-state index contributed by atoms with van der Waals surface area (Å²) in [5.74, 6) is 2.74. The maximum absolute atomic E-state index is 13.3. The van der Waals surface area contributed by atoms with Crippen LogP contribution in [0.15, 0.2) is 36.7 Å². The van der Waals surface area contributed by atoms with E-state index in [-0.39, 0.29) is 11.3 Å². The van der Waals surface area contributed by atoms with Crippen molar-refractivity contribution in [2.45, 2.75) is 90.5 Å². The number of phenols is 1. The number of aromatic nitrogens is 1. The van der Waals surface area contributed by atoms with Crippen molar-refractivity contribution >= 4 is 11.7 Å². The van der Waals surface area contributed by atoms with Gasteiger partial charge in [-0.05, 0) is 103 Å². The Morgan fingerprint density at radius 3 is 2.92 bits per heavy atom. The molecular formula is C31H40N2O3. The third-order valence-corrected chi connectivity index (χ3v) is 9.48. The average Bonchev–Trinajstić information content (AvgIpc) is 3.13. The Bertz CT molecular complexity index is 1110. The average molecular weight is 489 g/mol. The van der Waals surface area contributed by atoms with E-state index in [4.69, 9.17) is 0 Å². The fourth-order valence-corrected chi connectivity index (χ4v) is 7.77. The number of aryl methyl sites for hydroxylation is 2. The molecule has 0 radical (unpaired) electrons. The molecule has 1 amide bonds. The number of rotatable bonds is 8. The Hall–Kier alpha value is -2.69. The summed E-state index contributed by atoms with van der Waals surface area (Å²) in [4.78, 5) is 29.8. The number of carbonyl (C=O) groups is 2. The number of benzene rings is 1. The minimum Gasteiger partial charge on any atom is -0.508 e. The van der Waals surface area contributed by atoms with Crippen LogP contribution >= 0.6 is 0 Å². The van der Waals surface area contributed by atoms with Crippen molar-refractivity contribution in [2.75, 3.05) is 0 Å². The van der Waals surface area contributed by atoms with E-state index < -0.39 is 0 Å². The maximum Gasteiger partial charge on any atom is 0.220 e. The highest BCUT2D eigenvalue weighted by molar-refractivity contribution is 5.87. The lowest BCUT2D eigenvalue weighted by Crippen LogP contribution is -2.44. The first-order chi connectivity index (χ1) is 17.4. The molecule has 1 heterocycles. The predicted octanol–water partition coefficient (Wildman–Crippen LogP) is 5.88. The molecule has 1 aromatic carbocycles. The second kappa shape index (κ2) is 10.4. The van der Waals surface area contributed by atoms with Crippen LogP contribution in [0, 0.1) is 23.2 Å². The van der Waals surface area contributed by atoms with Crippen molar-refractivity contribution in [1.29, 1.82) is 0 Å². The Kier molecular flexibility index (Phi) is 7.18. The quantitative estimate of drug-likeness (QED) is 0.486. The summed E-state index contributed by atoms with van der Waals surface area (Å²) >= 11 is 0. The number of amides is 1. The van der Waals surface area contributed by atoms with Crippen molar-refractivity contribution < 1.29 is 14.7 Å². The van der Waals surface area contributed by atoms with Gasteiger partial charge >= 0.3 is 0 Å². The zero-order chi connectivity index (χ0) is 25.3. The molecule has 2 fully saturated rings. The number of fused-ring (bicyclic) bond motifs is 5. The van der Waals surface area contributed by atoms with E-state index in [1.807, 2.05) is 18.2 Å². The van der Waals surface area contributed by atoms with Crippen LogP contribution in [-0.4, -0.2) is 21.8 Å². The van der Waals surface area contributed by atoms with Crippen molar-refractivity contribution in [3.8, 4) is 5.75 Å². The van der Waals surface area contributed by atoms with Crippen LogP contribution in [0.2, 0.25) is 0 Å². The third kappa shape index (κ3) is 4.69. The van der Waals surface area contributed by atoms with Gasteiger partial charge in [-0.15, -0.1) is 0 Å². The van der Waals surface area contributed by atoms with Gasteiger partial charge in [0.25, 0.3) is 0 Å². The third-order valence-electron chi connectivity index (χ3n) is 9.48. The van der Waals surface area contributed by atoms with Gasteiger partial charge in [0.05, 0.1) is 0 Å². The topological polar surface area (TPSA) is 79.3 Å². The highest BCUT2D eigenvalue weighted by Gasteiger charge is 2.58. The Labute approximate surface area is 215 Å². The van der Waals surface area contributed by atoms with E-state index in [9.17, 15) is 14.7 Å². The Morgan fingerprint density at radius 2 is 2.14 bits per heavy atom. The van der Waals surface area contributed by atoms with Crippen molar-refractivity contribution in [3.05, 3.63) is 58.9 Å². The van der Waals surface area contributed by atoms with Crippen LogP contribution in [0.1, 0.15) is 93.4 Å². The molecule has 5 heteroatoms. The molecule has 0 aliphatic heterocycles. The Morgan fingerprint density at radius 1 is 1.28 bits per heavy atom. The van der Waals surface area contributed by atoms with Gasteiger partial charge in [-0.25, -0.2) is 0 Å². The second-order valence-corrected chi connectivity index (χ2v) is 11.6. The van der Waals surface area contributed by atoms with Gasteiger partial charge < -0.3 is 10.4 Å². The van der Waals surface area contributed by atoms with Gasteiger partial charge in [0, 0.05) is 37.2 Å². The van der Waals surface area contributed by atoms with Gasteiger partial charge in [0.1, 0.15) is 11.5 Å². The number of hydrogen-bond donors (Lipinski definition) is 2. The molecule has 0 saturated heterocycles. The zero-order valence-corrected chi connectivity index (χ0v) is 21.8. The Balaban J connectivity index is 1.26. The van der Waals surface area contributed by atoms with Crippen LogP contribution in [0.4, 0.5) is 0 Å². The molecule has 2 N–H and O–H groups in total. The second-order valence-electron chi connectivity index (χ2n) is 11.6. The van der Waals surface area contributed by atoms with E-state index in [1.54, 1.807) is 12.4 Å². The summed E-state index contributed by atoms with van der Waals surface area (Å²) in [6.07, 6.45) is 12.5. The number of ketones is 1. The van der Waals surface area contributed by atoms with E-state index in [0.717, 1.165) is 62.5 Å². The molecule has 5 rings (SSSR count). The molecule has 5 atom stereocenters. The van der Waals surface area contributed by atoms with Crippen LogP contribution in [0.5, 0.6) is 5.75 Å². The monoisotopic (exact) mass is 488 g/mol. The molecule has 4 unspecified atom stereocenters. The fourth-order valence-electron chi connectivity index (χ4n) is 7.77. The summed E-state index contributed by atoms with van der Waals surface area (Å²) in [7, 11) is 0. The molecule has 2 saturated carbocycles. The smallest absolute Gasteiger partial charge is 0.220 e. The summed E-state index contributed by atoms with van der Waals surface area (Å²) in [5, 5.41) is 13.5. The van der Waals surface area contributed by atoms with Gasteiger partial charge in [-0.3, -0.25) is 14.6 Å². The number of carbonyl (C=O) groups excluding carboxylic acids is 2. The number of phenolic OH excluding ortho intramolecular Hbond substituents is 1. The summed E-state index contributed by atoms with van der Waals surface area (Å²) in [6.45, 7) is 4.89. The van der Waals surface area contributed by atoms with Gasteiger partial charge in [0.2, 0.25) is 5.91 Å². The number of Topliss-reactive ketones (excluding diaryl/α,β-unsaturated/α-hetero) is 1. The molecule has 5 nitrogen and oxygen atoms in total. The van der Waals surface area contributed by atoms with E-state index in [1.165, 1.54) is 11.1 Å². The van der Waals surface area contributed by atoms with E-state index >= 15 is 0 Å². The number of nitrogens with one attached hydrogen (secondary N) is 1. The summed E-state index contributed by atoms with van der Waals surface area (Å²) in [6, 6.07) is 8.15. The molecule has 2 aromatic rings. The zero-order valence-electron chi connectivity index (χ0n) is 21.8. The highest BCUT2D eigenvalue weighted by Crippen LogP contribution is 2.62. The minimum atomic E-state index is -0.213. The highest BCUT2D eigenvalue weighted by atomic mass is 16.3. The first kappa shape index (κ1) is 25.0. The largest absolute Gasteiger partial charge is 0.508 e. The molecule has 3 aliphatic carbocycles.